The van der Waals surface area contributed by atoms with E-state index in [2.05, 4.69) is 34.7 Å². The molecule has 1 aromatic carbocycles. The Morgan fingerprint density at radius 1 is 1.20 bits per heavy atom. The molecule has 5 heteroatoms. The molecule has 1 unspecified atom stereocenters. The molecular formula is C15H23N5. The van der Waals surface area contributed by atoms with Crippen LogP contribution in [0.25, 0.3) is 5.69 Å². The van der Waals surface area contributed by atoms with E-state index in [1.54, 1.807) is 4.68 Å². The fourth-order valence-electron chi connectivity index (χ4n) is 2.15. The summed E-state index contributed by atoms with van der Waals surface area (Å²) >= 11 is 0. The van der Waals surface area contributed by atoms with Gasteiger partial charge >= 0.3 is 0 Å². The third-order valence-electron chi connectivity index (χ3n) is 3.38. The Balaban J connectivity index is 1.90. The number of aromatic nitrogens is 4. The Labute approximate surface area is 120 Å². The topological polar surface area (TPSA) is 55.6 Å². The zero-order chi connectivity index (χ0) is 14.2. The molecular weight excluding hydrogens is 250 g/mol. The maximum Gasteiger partial charge on any atom is 0.170 e. The van der Waals surface area contributed by atoms with Crippen LogP contribution < -0.4 is 5.32 Å². The Kier molecular flexibility index (Phi) is 5.68. The van der Waals surface area contributed by atoms with E-state index < -0.39 is 0 Å². The Bertz CT molecular complexity index is 494. The Morgan fingerprint density at radius 2 is 2.00 bits per heavy atom. The summed E-state index contributed by atoms with van der Waals surface area (Å²) in [6.45, 7) is 5.13. The van der Waals surface area contributed by atoms with E-state index in [0.717, 1.165) is 11.5 Å². The van der Waals surface area contributed by atoms with Crippen LogP contribution in [0.3, 0.4) is 0 Å². The van der Waals surface area contributed by atoms with Gasteiger partial charge in [0.15, 0.2) is 5.82 Å². The highest BCUT2D eigenvalue weighted by Crippen LogP contribution is 2.08. The van der Waals surface area contributed by atoms with Crippen molar-refractivity contribution in [3.8, 4) is 5.69 Å². The summed E-state index contributed by atoms with van der Waals surface area (Å²) in [5.41, 5.74) is 0.993. The molecule has 0 spiro atoms. The van der Waals surface area contributed by atoms with E-state index in [1.807, 2.05) is 30.3 Å². The van der Waals surface area contributed by atoms with Crippen molar-refractivity contribution in [2.24, 2.45) is 0 Å². The van der Waals surface area contributed by atoms with Gasteiger partial charge in [0.1, 0.15) is 0 Å². The van der Waals surface area contributed by atoms with E-state index in [0.29, 0.717) is 12.6 Å². The zero-order valence-corrected chi connectivity index (χ0v) is 12.3. The standard InChI is InChI=1S/C15H23N5/c1-3-4-6-9-13(2)16-12-15-17-18-19-20(15)14-10-7-5-8-11-14/h5,7-8,10-11,13,16H,3-4,6,9,12H2,1-2H3. The second-order valence-electron chi connectivity index (χ2n) is 5.12. The minimum absolute atomic E-state index is 0.488. The Hall–Kier alpha value is -1.75. The van der Waals surface area contributed by atoms with Crippen LogP contribution in [-0.2, 0) is 6.54 Å². The molecule has 0 aliphatic carbocycles. The van der Waals surface area contributed by atoms with Crippen molar-refractivity contribution in [2.45, 2.75) is 52.1 Å². The number of benzene rings is 1. The van der Waals surface area contributed by atoms with E-state index >= 15 is 0 Å². The summed E-state index contributed by atoms with van der Waals surface area (Å²) in [5.74, 6) is 0.846. The van der Waals surface area contributed by atoms with Crippen molar-refractivity contribution in [3.63, 3.8) is 0 Å². The number of nitrogens with one attached hydrogen (secondary N) is 1. The average Bonchev–Trinajstić information content (AvgIpc) is 2.95. The van der Waals surface area contributed by atoms with Gasteiger partial charge < -0.3 is 5.32 Å². The van der Waals surface area contributed by atoms with Crippen LogP contribution in [0.5, 0.6) is 0 Å². The molecule has 20 heavy (non-hydrogen) atoms. The van der Waals surface area contributed by atoms with Crippen molar-refractivity contribution in [3.05, 3.63) is 36.2 Å². The number of unbranched alkanes of at least 4 members (excludes halogenated alkanes) is 2. The number of hydrogen-bond acceptors (Lipinski definition) is 4. The molecule has 2 aromatic rings. The van der Waals surface area contributed by atoms with Crippen LogP contribution in [0.2, 0.25) is 0 Å². The maximum absolute atomic E-state index is 4.10. The lowest BCUT2D eigenvalue weighted by Crippen LogP contribution is -2.27. The molecule has 0 radical (unpaired) electrons. The smallest absolute Gasteiger partial charge is 0.170 e. The third kappa shape index (κ3) is 4.13. The molecule has 0 bridgehead atoms. The SMILES string of the molecule is CCCCCC(C)NCc1nnnn1-c1ccccc1. The molecule has 0 fully saturated rings. The van der Waals surface area contributed by atoms with Crippen molar-refractivity contribution in [1.82, 2.24) is 25.5 Å². The second-order valence-corrected chi connectivity index (χ2v) is 5.12. The first-order valence-corrected chi connectivity index (χ1v) is 7.37. The van der Waals surface area contributed by atoms with Crippen LogP contribution in [0, 0.1) is 0 Å². The first-order valence-electron chi connectivity index (χ1n) is 7.37. The van der Waals surface area contributed by atoms with E-state index in [4.69, 9.17) is 0 Å². The molecule has 1 heterocycles. The fraction of sp³-hybridized carbons (Fsp3) is 0.533. The summed E-state index contributed by atoms with van der Waals surface area (Å²) in [7, 11) is 0. The van der Waals surface area contributed by atoms with E-state index in [9.17, 15) is 0 Å². The molecule has 0 aliphatic heterocycles. The van der Waals surface area contributed by atoms with E-state index in [-0.39, 0.29) is 0 Å². The fourth-order valence-corrected chi connectivity index (χ4v) is 2.15. The molecule has 1 aromatic heterocycles. The zero-order valence-electron chi connectivity index (χ0n) is 12.3. The number of rotatable bonds is 8. The predicted molar refractivity (Wildman–Crippen MR) is 79.6 cm³/mol. The summed E-state index contributed by atoms with van der Waals surface area (Å²) in [4.78, 5) is 0. The van der Waals surface area contributed by atoms with Gasteiger partial charge in [0.2, 0.25) is 0 Å². The molecule has 0 aliphatic rings. The summed E-state index contributed by atoms with van der Waals surface area (Å²) in [5, 5.41) is 15.4. The largest absolute Gasteiger partial charge is 0.307 e. The van der Waals surface area contributed by atoms with Crippen molar-refractivity contribution in [2.75, 3.05) is 0 Å². The molecule has 0 amide bonds. The van der Waals surface area contributed by atoms with Crippen LogP contribution in [0.15, 0.2) is 30.3 Å². The van der Waals surface area contributed by atoms with Crippen LogP contribution in [0.4, 0.5) is 0 Å². The first kappa shape index (κ1) is 14.7. The summed E-state index contributed by atoms with van der Waals surface area (Å²) in [6, 6.07) is 10.5. The summed E-state index contributed by atoms with van der Waals surface area (Å²) < 4.78 is 1.78. The number of tetrazole rings is 1. The lowest BCUT2D eigenvalue weighted by Gasteiger charge is -2.13. The normalized spacial score (nSPS) is 12.5. The van der Waals surface area contributed by atoms with Gasteiger partial charge in [0.25, 0.3) is 0 Å². The first-order chi connectivity index (χ1) is 9.81. The second kappa shape index (κ2) is 7.75. The molecule has 0 saturated carbocycles. The molecule has 1 N–H and O–H groups in total. The predicted octanol–water partition coefficient (Wildman–Crippen LogP) is 2.72. The van der Waals surface area contributed by atoms with Gasteiger partial charge in [-0.05, 0) is 35.9 Å². The quantitative estimate of drug-likeness (QED) is 0.751. The number of nitrogens with zero attached hydrogens (tertiary/aromatic N) is 4. The highest BCUT2D eigenvalue weighted by molar-refractivity contribution is 5.30. The molecule has 108 valence electrons. The van der Waals surface area contributed by atoms with E-state index in [1.165, 1.54) is 25.7 Å². The Morgan fingerprint density at radius 3 is 2.75 bits per heavy atom. The lowest BCUT2D eigenvalue weighted by molar-refractivity contribution is 0.477. The molecule has 5 nitrogen and oxygen atoms in total. The van der Waals surface area contributed by atoms with Gasteiger partial charge in [-0.25, -0.2) is 0 Å². The van der Waals surface area contributed by atoms with Gasteiger partial charge in [-0.15, -0.1) is 5.10 Å². The molecule has 0 saturated heterocycles. The molecule has 1 atom stereocenters. The van der Waals surface area contributed by atoms with Crippen LogP contribution in [-0.4, -0.2) is 26.2 Å². The monoisotopic (exact) mass is 273 g/mol. The van der Waals surface area contributed by atoms with Gasteiger partial charge in [-0.3, -0.25) is 0 Å². The third-order valence-corrected chi connectivity index (χ3v) is 3.38. The maximum atomic E-state index is 4.10. The van der Waals surface area contributed by atoms with Gasteiger partial charge in [-0.1, -0.05) is 44.4 Å². The highest BCUT2D eigenvalue weighted by Gasteiger charge is 2.09. The summed E-state index contributed by atoms with van der Waals surface area (Å²) in [6.07, 6.45) is 5.03. The number of para-hydroxylation sites is 1. The molecule has 2 rings (SSSR count). The van der Waals surface area contributed by atoms with Crippen LogP contribution >= 0.6 is 0 Å². The van der Waals surface area contributed by atoms with Crippen molar-refractivity contribution < 1.29 is 0 Å². The minimum atomic E-state index is 0.488. The highest BCUT2D eigenvalue weighted by atomic mass is 15.5. The van der Waals surface area contributed by atoms with Crippen molar-refractivity contribution in [1.29, 1.82) is 0 Å². The van der Waals surface area contributed by atoms with Crippen molar-refractivity contribution >= 4 is 0 Å². The minimum Gasteiger partial charge on any atom is -0.307 e. The lowest BCUT2D eigenvalue weighted by atomic mass is 10.1. The van der Waals surface area contributed by atoms with Crippen LogP contribution in [0.1, 0.15) is 45.4 Å². The van der Waals surface area contributed by atoms with Gasteiger partial charge in [0, 0.05) is 6.04 Å². The van der Waals surface area contributed by atoms with Gasteiger partial charge in [0.05, 0.1) is 12.2 Å². The number of hydrogen-bond donors (Lipinski definition) is 1. The average molecular weight is 273 g/mol. The van der Waals surface area contributed by atoms with Gasteiger partial charge in [-0.2, -0.15) is 4.68 Å².